The van der Waals surface area contributed by atoms with Crippen molar-refractivity contribution in [2.45, 2.75) is 6.92 Å². The fourth-order valence-corrected chi connectivity index (χ4v) is 1.82. The summed E-state index contributed by atoms with van der Waals surface area (Å²) in [4.78, 5) is 8.44. The zero-order valence-corrected chi connectivity index (χ0v) is 8.90. The first-order valence-electron chi connectivity index (χ1n) is 5.26. The van der Waals surface area contributed by atoms with Gasteiger partial charge in [-0.05, 0) is 19.1 Å². The Morgan fingerprint density at radius 3 is 3.00 bits per heavy atom. The van der Waals surface area contributed by atoms with E-state index in [0.717, 1.165) is 34.4 Å². The fourth-order valence-electron chi connectivity index (χ4n) is 1.82. The van der Waals surface area contributed by atoms with Gasteiger partial charge in [0.2, 0.25) is 0 Å². The number of anilines is 1. The summed E-state index contributed by atoms with van der Waals surface area (Å²) in [7, 11) is 0. The highest BCUT2D eigenvalue weighted by Crippen LogP contribution is 2.29. The van der Waals surface area contributed by atoms with E-state index in [1.54, 1.807) is 6.33 Å². The summed E-state index contributed by atoms with van der Waals surface area (Å²) >= 11 is 0. The van der Waals surface area contributed by atoms with Crippen LogP contribution in [0.3, 0.4) is 0 Å². The van der Waals surface area contributed by atoms with Gasteiger partial charge in [-0.1, -0.05) is 12.1 Å². The van der Waals surface area contributed by atoms with Gasteiger partial charge in [-0.2, -0.15) is 0 Å². The Kier molecular flexibility index (Phi) is 1.99. The highest BCUT2D eigenvalue weighted by Gasteiger charge is 2.11. The first-order chi connectivity index (χ1) is 7.90. The Morgan fingerprint density at radius 1 is 1.25 bits per heavy atom. The second kappa shape index (κ2) is 3.48. The molecule has 0 amide bonds. The van der Waals surface area contributed by atoms with Crippen LogP contribution in [0.5, 0.6) is 0 Å². The first-order valence-corrected chi connectivity index (χ1v) is 5.26. The molecule has 0 atom stereocenters. The van der Waals surface area contributed by atoms with Gasteiger partial charge in [0.05, 0.1) is 0 Å². The third kappa shape index (κ3) is 1.23. The van der Waals surface area contributed by atoms with E-state index in [1.165, 1.54) is 0 Å². The number of nitrogens with zero attached hydrogens (tertiary/aromatic N) is 2. The molecule has 4 heteroatoms. The van der Waals surface area contributed by atoms with Crippen LogP contribution in [0.15, 0.2) is 35.0 Å². The lowest BCUT2D eigenvalue weighted by molar-refractivity contribution is 0.666. The zero-order chi connectivity index (χ0) is 11.0. The summed E-state index contributed by atoms with van der Waals surface area (Å²) in [6.07, 6.45) is 1.56. The lowest BCUT2D eigenvalue weighted by atomic mass is 10.2. The van der Waals surface area contributed by atoms with Crippen LogP contribution in [0.4, 0.5) is 5.82 Å². The van der Waals surface area contributed by atoms with E-state index >= 15 is 0 Å². The zero-order valence-electron chi connectivity index (χ0n) is 8.90. The third-order valence-electron chi connectivity index (χ3n) is 2.50. The standard InChI is InChI=1S/C12H11N3O/c1-2-13-12-11-10(14-7-15-12)8-5-3-4-6-9(8)16-11/h3-7H,2H2,1H3,(H,13,14,15). The maximum atomic E-state index is 5.75. The minimum Gasteiger partial charge on any atom is -0.450 e. The van der Waals surface area contributed by atoms with Gasteiger partial charge in [0, 0.05) is 11.9 Å². The molecule has 1 aromatic carbocycles. The first kappa shape index (κ1) is 9.15. The number of furan rings is 1. The van der Waals surface area contributed by atoms with Crippen LogP contribution in [0.2, 0.25) is 0 Å². The minimum absolute atomic E-state index is 0.727. The van der Waals surface area contributed by atoms with Gasteiger partial charge in [0.15, 0.2) is 11.4 Å². The number of para-hydroxylation sites is 1. The molecule has 0 spiro atoms. The predicted octanol–water partition coefficient (Wildman–Crippen LogP) is 2.81. The molecule has 0 aliphatic carbocycles. The lowest BCUT2D eigenvalue weighted by Gasteiger charge is -2.00. The van der Waals surface area contributed by atoms with Crippen molar-refractivity contribution in [2.75, 3.05) is 11.9 Å². The van der Waals surface area contributed by atoms with Crippen LogP contribution in [-0.4, -0.2) is 16.5 Å². The Bertz CT molecular complexity index is 645. The molecule has 16 heavy (non-hydrogen) atoms. The monoisotopic (exact) mass is 213 g/mol. The van der Waals surface area contributed by atoms with E-state index in [0.29, 0.717) is 0 Å². The molecule has 0 saturated carbocycles. The van der Waals surface area contributed by atoms with Gasteiger partial charge < -0.3 is 9.73 Å². The van der Waals surface area contributed by atoms with E-state index in [4.69, 9.17) is 4.42 Å². The van der Waals surface area contributed by atoms with Crippen molar-refractivity contribution >= 4 is 27.9 Å². The molecular weight excluding hydrogens is 202 g/mol. The quantitative estimate of drug-likeness (QED) is 0.711. The molecule has 80 valence electrons. The minimum atomic E-state index is 0.727. The van der Waals surface area contributed by atoms with Crippen molar-refractivity contribution < 1.29 is 4.42 Å². The maximum Gasteiger partial charge on any atom is 0.196 e. The molecule has 0 unspecified atom stereocenters. The Balaban J connectivity index is 2.39. The predicted molar refractivity (Wildman–Crippen MR) is 63.5 cm³/mol. The second-order valence-corrected chi connectivity index (χ2v) is 3.53. The number of benzene rings is 1. The average molecular weight is 213 g/mol. The van der Waals surface area contributed by atoms with Gasteiger partial charge in [0.1, 0.15) is 17.4 Å². The van der Waals surface area contributed by atoms with E-state index in [2.05, 4.69) is 15.3 Å². The van der Waals surface area contributed by atoms with Crippen LogP contribution in [0.1, 0.15) is 6.92 Å². The number of hydrogen-bond donors (Lipinski definition) is 1. The fraction of sp³-hybridized carbons (Fsp3) is 0.167. The summed E-state index contributed by atoms with van der Waals surface area (Å²) in [5.41, 5.74) is 2.43. The molecule has 0 saturated heterocycles. The summed E-state index contributed by atoms with van der Waals surface area (Å²) in [5.74, 6) is 0.753. The summed E-state index contributed by atoms with van der Waals surface area (Å²) in [6, 6.07) is 7.87. The number of fused-ring (bicyclic) bond motifs is 3. The molecule has 3 rings (SSSR count). The van der Waals surface area contributed by atoms with E-state index < -0.39 is 0 Å². The molecule has 0 aliphatic heterocycles. The van der Waals surface area contributed by atoms with Crippen molar-refractivity contribution in [3.63, 3.8) is 0 Å². The molecule has 0 bridgehead atoms. The second-order valence-electron chi connectivity index (χ2n) is 3.53. The molecule has 0 fully saturated rings. The summed E-state index contributed by atoms with van der Waals surface area (Å²) in [5, 5.41) is 4.19. The van der Waals surface area contributed by atoms with E-state index in [1.807, 2.05) is 31.2 Å². The molecule has 3 aromatic rings. The molecule has 4 nitrogen and oxygen atoms in total. The average Bonchev–Trinajstić information content (AvgIpc) is 2.69. The summed E-state index contributed by atoms with van der Waals surface area (Å²) in [6.45, 7) is 2.83. The van der Waals surface area contributed by atoms with Crippen molar-refractivity contribution in [3.8, 4) is 0 Å². The largest absolute Gasteiger partial charge is 0.450 e. The molecule has 2 heterocycles. The van der Waals surface area contributed by atoms with Crippen molar-refractivity contribution in [3.05, 3.63) is 30.6 Å². The van der Waals surface area contributed by atoms with E-state index in [9.17, 15) is 0 Å². The van der Waals surface area contributed by atoms with Gasteiger partial charge in [-0.15, -0.1) is 0 Å². The SMILES string of the molecule is CCNc1ncnc2c1oc1ccccc12. The third-order valence-corrected chi connectivity index (χ3v) is 2.50. The molecule has 1 N–H and O–H groups in total. The van der Waals surface area contributed by atoms with E-state index in [-0.39, 0.29) is 0 Å². The van der Waals surface area contributed by atoms with Crippen LogP contribution < -0.4 is 5.32 Å². The van der Waals surface area contributed by atoms with Crippen LogP contribution in [0, 0.1) is 0 Å². The molecular formula is C12H11N3O. The molecule has 2 aromatic heterocycles. The maximum absolute atomic E-state index is 5.75. The highest BCUT2D eigenvalue weighted by atomic mass is 16.3. The van der Waals surface area contributed by atoms with Gasteiger partial charge in [0.25, 0.3) is 0 Å². The molecule has 0 aliphatic rings. The van der Waals surface area contributed by atoms with Crippen LogP contribution in [-0.2, 0) is 0 Å². The smallest absolute Gasteiger partial charge is 0.196 e. The Hall–Kier alpha value is -2.10. The highest BCUT2D eigenvalue weighted by molar-refractivity contribution is 6.05. The Labute approximate surface area is 92.3 Å². The van der Waals surface area contributed by atoms with Crippen molar-refractivity contribution in [2.24, 2.45) is 0 Å². The van der Waals surface area contributed by atoms with Crippen LogP contribution in [0.25, 0.3) is 22.1 Å². The normalized spacial score (nSPS) is 11.1. The van der Waals surface area contributed by atoms with Gasteiger partial charge >= 0.3 is 0 Å². The van der Waals surface area contributed by atoms with Crippen molar-refractivity contribution in [1.82, 2.24) is 9.97 Å². The van der Waals surface area contributed by atoms with Crippen LogP contribution >= 0.6 is 0 Å². The summed E-state index contributed by atoms with van der Waals surface area (Å²) < 4.78 is 5.75. The van der Waals surface area contributed by atoms with Gasteiger partial charge in [-0.25, -0.2) is 9.97 Å². The Morgan fingerprint density at radius 2 is 2.12 bits per heavy atom. The number of aromatic nitrogens is 2. The number of nitrogens with one attached hydrogen (secondary N) is 1. The van der Waals surface area contributed by atoms with Gasteiger partial charge in [-0.3, -0.25) is 0 Å². The number of hydrogen-bond acceptors (Lipinski definition) is 4. The number of rotatable bonds is 2. The molecule has 0 radical (unpaired) electrons. The lowest BCUT2D eigenvalue weighted by Crippen LogP contribution is -1.99. The topological polar surface area (TPSA) is 51.0 Å². The van der Waals surface area contributed by atoms with Crippen molar-refractivity contribution in [1.29, 1.82) is 0 Å².